The molecule has 2 amide bonds. The van der Waals surface area contributed by atoms with Crippen LogP contribution in [0, 0.1) is 5.92 Å². The van der Waals surface area contributed by atoms with Crippen molar-refractivity contribution in [1.82, 2.24) is 20.6 Å². The van der Waals surface area contributed by atoms with Crippen LogP contribution in [-0.4, -0.2) is 48.0 Å². The number of benzene rings is 2. The minimum atomic E-state index is -0.263. The molecule has 8 heteroatoms. The molecule has 5 rings (SSSR count). The number of aromatic nitrogens is 2. The van der Waals surface area contributed by atoms with Gasteiger partial charge in [0.15, 0.2) is 0 Å². The quantitative estimate of drug-likeness (QED) is 0.391. The molecule has 1 aliphatic rings. The van der Waals surface area contributed by atoms with Crippen molar-refractivity contribution in [3.05, 3.63) is 71.5 Å². The number of H-pyrrole nitrogens is 1. The maximum Gasteiger partial charge on any atom is 0.258 e. The molecule has 2 aromatic heterocycles. The van der Waals surface area contributed by atoms with Crippen molar-refractivity contribution in [2.45, 2.75) is 12.8 Å². The average molecular weight is 476 g/mol. The largest absolute Gasteiger partial charge is 0.360 e. The molecular formula is C26H26ClN5O2. The number of halogens is 1. The van der Waals surface area contributed by atoms with Gasteiger partial charge in [0.05, 0.1) is 16.2 Å². The molecule has 0 aliphatic carbocycles. The van der Waals surface area contributed by atoms with Crippen LogP contribution in [0.2, 0.25) is 5.02 Å². The Hall–Kier alpha value is -3.42. The number of pyridine rings is 1. The van der Waals surface area contributed by atoms with Gasteiger partial charge in [0, 0.05) is 40.8 Å². The van der Waals surface area contributed by atoms with E-state index in [0.717, 1.165) is 47.7 Å². The molecule has 7 nitrogen and oxygen atoms in total. The number of nitrogens with zero attached hydrogens (tertiary/aromatic N) is 2. The minimum Gasteiger partial charge on any atom is -0.360 e. The number of rotatable bonds is 6. The van der Waals surface area contributed by atoms with E-state index in [1.807, 2.05) is 30.3 Å². The third kappa shape index (κ3) is 4.62. The highest BCUT2D eigenvalue weighted by molar-refractivity contribution is 6.35. The SMILES string of the molecule is O=C(CN(C(=O)c1ccc2c(Cl)c[nH]c2c1)c1ccnc2ccccc12)NCC1CCNCC1. The molecule has 174 valence electrons. The van der Waals surface area contributed by atoms with Gasteiger partial charge < -0.3 is 15.6 Å². The highest BCUT2D eigenvalue weighted by Gasteiger charge is 2.24. The van der Waals surface area contributed by atoms with E-state index in [9.17, 15) is 9.59 Å². The molecule has 1 fully saturated rings. The monoisotopic (exact) mass is 475 g/mol. The second-order valence-electron chi connectivity index (χ2n) is 8.63. The van der Waals surface area contributed by atoms with E-state index in [4.69, 9.17) is 11.6 Å². The van der Waals surface area contributed by atoms with E-state index in [-0.39, 0.29) is 18.4 Å². The van der Waals surface area contributed by atoms with Gasteiger partial charge in [0.25, 0.3) is 5.91 Å². The van der Waals surface area contributed by atoms with Crippen LogP contribution in [0.1, 0.15) is 23.2 Å². The number of para-hydroxylation sites is 1. The number of carbonyl (C=O) groups excluding carboxylic acids is 2. The highest BCUT2D eigenvalue weighted by Crippen LogP contribution is 2.28. The predicted octanol–water partition coefficient (Wildman–Crippen LogP) is 4.13. The van der Waals surface area contributed by atoms with Gasteiger partial charge in [-0.3, -0.25) is 19.5 Å². The van der Waals surface area contributed by atoms with Gasteiger partial charge in [-0.15, -0.1) is 0 Å². The van der Waals surface area contributed by atoms with E-state index in [2.05, 4.69) is 20.6 Å². The summed E-state index contributed by atoms with van der Waals surface area (Å²) < 4.78 is 0. The van der Waals surface area contributed by atoms with Crippen LogP contribution in [0.3, 0.4) is 0 Å². The molecule has 3 N–H and O–H groups in total. The smallest absolute Gasteiger partial charge is 0.258 e. The van der Waals surface area contributed by atoms with Crippen molar-refractivity contribution in [1.29, 1.82) is 0 Å². The van der Waals surface area contributed by atoms with Crippen molar-refractivity contribution in [3.63, 3.8) is 0 Å². The zero-order valence-corrected chi connectivity index (χ0v) is 19.4. The van der Waals surface area contributed by atoms with E-state index >= 15 is 0 Å². The second-order valence-corrected chi connectivity index (χ2v) is 9.04. The standard InChI is InChI=1S/C26H26ClN5O2/c27-21-15-30-23-13-18(5-6-19(21)23)26(34)32(16-25(33)31-14-17-7-10-28-11-8-17)24-9-12-29-22-4-2-1-3-20(22)24/h1-6,9,12-13,15,17,28,30H,7-8,10-11,14,16H2,(H,31,33). The van der Waals surface area contributed by atoms with Gasteiger partial charge in [-0.25, -0.2) is 0 Å². The molecule has 0 saturated carbocycles. The van der Waals surface area contributed by atoms with E-state index in [0.29, 0.717) is 28.7 Å². The van der Waals surface area contributed by atoms with Gasteiger partial charge in [-0.2, -0.15) is 0 Å². The number of amides is 2. The molecule has 0 spiro atoms. The van der Waals surface area contributed by atoms with Gasteiger partial charge in [-0.1, -0.05) is 35.9 Å². The lowest BCUT2D eigenvalue weighted by atomic mass is 9.98. The Bertz CT molecular complexity index is 1340. The van der Waals surface area contributed by atoms with Crippen molar-refractivity contribution in [2.24, 2.45) is 5.92 Å². The van der Waals surface area contributed by atoms with E-state index < -0.39 is 0 Å². The average Bonchev–Trinajstić information content (AvgIpc) is 3.26. The Kier molecular flexibility index (Phi) is 6.47. The maximum absolute atomic E-state index is 13.8. The first kappa shape index (κ1) is 22.4. The topological polar surface area (TPSA) is 90.1 Å². The Labute approximate surface area is 202 Å². The Morgan fingerprint density at radius 3 is 2.76 bits per heavy atom. The first-order chi connectivity index (χ1) is 16.6. The first-order valence-electron chi connectivity index (χ1n) is 11.5. The summed E-state index contributed by atoms with van der Waals surface area (Å²) in [6.45, 7) is 2.48. The van der Waals surface area contributed by atoms with Gasteiger partial charge >= 0.3 is 0 Å². The third-order valence-electron chi connectivity index (χ3n) is 6.39. The van der Waals surface area contributed by atoms with Crippen LogP contribution >= 0.6 is 11.6 Å². The Morgan fingerprint density at radius 2 is 1.91 bits per heavy atom. The van der Waals surface area contributed by atoms with Crippen molar-refractivity contribution in [2.75, 3.05) is 31.1 Å². The number of piperidine rings is 1. The number of hydrogen-bond acceptors (Lipinski definition) is 4. The van der Waals surface area contributed by atoms with E-state index in [1.165, 1.54) is 4.90 Å². The van der Waals surface area contributed by atoms with Crippen molar-refractivity contribution >= 4 is 50.9 Å². The number of hydrogen-bond donors (Lipinski definition) is 3. The summed E-state index contributed by atoms with van der Waals surface area (Å²) in [7, 11) is 0. The predicted molar refractivity (Wildman–Crippen MR) is 135 cm³/mol. The summed E-state index contributed by atoms with van der Waals surface area (Å²) in [4.78, 5) is 35.8. The second kappa shape index (κ2) is 9.83. The number of anilines is 1. The molecule has 1 aliphatic heterocycles. The van der Waals surface area contributed by atoms with Gasteiger partial charge in [-0.05, 0) is 56.1 Å². The molecule has 3 heterocycles. The lowest BCUT2D eigenvalue weighted by Gasteiger charge is -2.26. The molecule has 4 aromatic rings. The van der Waals surface area contributed by atoms with Crippen LogP contribution in [0.25, 0.3) is 21.8 Å². The molecule has 0 bridgehead atoms. The van der Waals surface area contributed by atoms with Crippen LogP contribution in [0.15, 0.2) is 60.9 Å². The summed E-state index contributed by atoms with van der Waals surface area (Å²) in [6, 6.07) is 14.7. The van der Waals surface area contributed by atoms with Crippen LogP contribution in [0.5, 0.6) is 0 Å². The summed E-state index contributed by atoms with van der Waals surface area (Å²) in [5, 5.41) is 8.64. The fraction of sp³-hybridized carbons (Fsp3) is 0.269. The lowest BCUT2D eigenvalue weighted by molar-refractivity contribution is -0.119. The number of carbonyl (C=O) groups is 2. The summed E-state index contributed by atoms with van der Waals surface area (Å²) >= 11 is 6.21. The highest BCUT2D eigenvalue weighted by atomic mass is 35.5. The summed E-state index contributed by atoms with van der Waals surface area (Å²) in [6.07, 6.45) is 5.44. The zero-order chi connectivity index (χ0) is 23.5. The summed E-state index contributed by atoms with van der Waals surface area (Å²) in [5.74, 6) is 0.00825. The first-order valence-corrected chi connectivity index (χ1v) is 11.9. The molecule has 0 radical (unpaired) electrons. The van der Waals surface area contributed by atoms with Crippen LogP contribution in [0.4, 0.5) is 5.69 Å². The number of nitrogens with one attached hydrogen (secondary N) is 3. The van der Waals surface area contributed by atoms with E-state index in [1.54, 1.807) is 30.6 Å². The molecule has 0 atom stereocenters. The third-order valence-corrected chi connectivity index (χ3v) is 6.70. The molecule has 34 heavy (non-hydrogen) atoms. The maximum atomic E-state index is 13.8. The van der Waals surface area contributed by atoms with Crippen molar-refractivity contribution < 1.29 is 9.59 Å². The van der Waals surface area contributed by atoms with Crippen molar-refractivity contribution in [3.8, 4) is 0 Å². The summed E-state index contributed by atoms with van der Waals surface area (Å²) in [5.41, 5.74) is 2.65. The number of fused-ring (bicyclic) bond motifs is 2. The molecule has 2 aromatic carbocycles. The molecular weight excluding hydrogens is 450 g/mol. The zero-order valence-electron chi connectivity index (χ0n) is 18.7. The fourth-order valence-electron chi connectivity index (χ4n) is 4.51. The van der Waals surface area contributed by atoms with Gasteiger partial charge in [0.2, 0.25) is 5.91 Å². The Morgan fingerprint density at radius 1 is 1.09 bits per heavy atom. The van der Waals surface area contributed by atoms with Crippen LogP contribution < -0.4 is 15.5 Å². The molecule has 0 unspecified atom stereocenters. The number of aromatic amines is 1. The Balaban J connectivity index is 1.45. The molecule has 1 saturated heterocycles. The van der Waals surface area contributed by atoms with Gasteiger partial charge in [0.1, 0.15) is 6.54 Å². The fourth-order valence-corrected chi connectivity index (χ4v) is 4.73. The normalized spacial score (nSPS) is 14.4. The minimum absolute atomic E-state index is 0.0820. The van der Waals surface area contributed by atoms with Crippen LogP contribution in [-0.2, 0) is 4.79 Å². The lowest BCUT2D eigenvalue weighted by Crippen LogP contribution is -2.43.